The Hall–Kier alpha value is -1.21. The van der Waals surface area contributed by atoms with Crippen molar-refractivity contribution in [3.63, 3.8) is 0 Å². The minimum Gasteiger partial charge on any atom is -0.391 e. The molecule has 0 spiro atoms. The molecule has 0 saturated carbocycles. The highest BCUT2D eigenvalue weighted by Gasteiger charge is 2.15. The van der Waals surface area contributed by atoms with E-state index in [4.69, 9.17) is 4.74 Å². The molecule has 21 heavy (non-hydrogen) atoms. The number of ether oxygens (including phenoxy) is 1. The van der Waals surface area contributed by atoms with Crippen molar-refractivity contribution >= 4 is 22.7 Å². The monoisotopic (exact) mass is 305 g/mol. The number of hydrogen-bond donors (Lipinski definition) is 1. The first-order valence-electron chi connectivity index (χ1n) is 7.13. The molecule has 0 amide bonds. The van der Waals surface area contributed by atoms with Gasteiger partial charge in [-0.3, -0.25) is 4.90 Å². The fourth-order valence-corrected chi connectivity index (χ4v) is 3.31. The van der Waals surface area contributed by atoms with Gasteiger partial charge < -0.3 is 9.84 Å². The van der Waals surface area contributed by atoms with Crippen LogP contribution in [0.4, 0.5) is 0 Å². The number of nitrogens with zero attached hydrogens (tertiary/aromatic N) is 3. The Bertz CT molecular complexity index is 585. The zero-order valence-electron chi connectivity index (χ0n) is 11.8. The topological polar surface area (TPSA) is 58.5 Å². The number of benzene rings is 1. The number of aromatic nitrogens is 2. The van der Waals surface area contributed by atoms with E-state index < -0.39 is 0 Å². The highest BCUT2D eigenvalue weighted by atomic mass is 32.2. The summed E-state index contributed by atoms with van der Waals surface area (Å²) in [6, 6.07) is 7.95. The minimum atomic E-state index is -0.359. The van der Waals surface area contributed by atoms with E-state index in [2.05, 4.69) is 14.9 Å². The van der Waals surface area contributed by atoms with Crippen LogP contribution in [0.25, 0.3) is 10.9 Å². The summed E-state index contributed by atoms with van der Waals surface area (Å²) >= 11 is 1.59. The average Bonchev–Trinajstić information content (AvgIpc) is 2.54. The first kappa shape index (κ1) is 14.7. The van der Waals surface area contributed by atoms with Gasteiger partial charge >= 0.3 is 0 Å². The zero-order valence-corrected chi connectivity index (χ0v) is 12.6. The average molecular weight is 305 g/mol. The summed E-state index contributed by atoms with van der Waals surface area (Å²) in [6.45, 7) is 4.02. The molecule has 6 heteroatoms. The molecule has 1 aromatic heterocycles. The van der Waals surface area contributed by atoms with Gasteiger partial charge in [-0.2, -0.15) is 0 Å². The molecule has 0 aliphatic carbocycles. The van der Waals surface area contributed by atoms with Crippen LogP contribution in [0.2, 0.25) is 0 Å². The Balaban J connectivity index is 1.58. The van der Waals surface area contributed by atoms with Gasteiger partial charge in [-0.05, 0) is 6.07 Å². The standard InChI is InChI=1S/C15H19N3O2S/c19-12(9-18-5-7-20-8-6-18)10-21-15-13-3-1-2-4-14(13)16-11-17-15/h1-4,11-12,19H,5-10H2/t12-/m1/s1. The molecule has 5 nitrogen and oxygen atoms in total. The van der Waals surface area contributed by atoms with Crippen molar-refractivity contribution in [2.24, 2.45) is 0 Å². The molecule has 1 atom stereocenters. The van der Waals surface area contributed by atoms with Crippen LogP contribution in [0.15, 0.2) is 35.6 Å². The number of hydrogen-bond acceptors (Lipinski definition) is 6. The maximum Gasteiger partial charge on any atom is 0.117 e. The molecule has 1 aromatic carbocycles. The second-order valence-corrected chi connectivity index (χ2v) is 6.08. The van der Waals surface area contributed by atoms with Crippen LogP contribution in [-0.4, -0.2) is 64.7 Å². The summed E-state index contributed by atoms with van der Waals surface area (Å²) in [4.78, 5) is 10.8. The van der Waals surface area contributed by atoms with Crippen LogP contribution in [0.5, 0.6) is 0 Å². The summed E-state index contributed by atoms with van der Waals surface area (Å²) in [5, 5.41) is 12.2. The molecule has 112 valence electrons. The van der Waals surface area contributed by atoms with E-state index in [1.54, 1.807) is 18.1 Å². The molecule has 1 N–H and O–H groups in total. The van der Waals surface area contributed by atoms with Crippen molar-refractivity contribution in [1.29, 1.82) is 0 Å². The third kappa shape index (κ3) is 3.91. The first-order valence-corrected chi connectivity index (χ1v) is 8.12. The van der Waals surface area contributed by atoms with E-state index in [1.165, 1.54) is 0 Å². The van der Waals surface area contributed by atoms with Gasteiger partial charge in [0.2, 0.25) is 0 Å². The minimum absolute atomic E-state index is 0.359. The molecular formula is C15H19N3O2S. The predicted molar refractivity (Wildman–Crippen MR) is 83.5 cm³/mol. The summed E-state index contributed by atoms with van der Waals surface area (Å²) in [6.07, 6.45) is 1.22. The smallest absolute Gasteiger partial charge is 0.117 e. The lowest BCUT2D eigenvalue weighted by Gasteiger charge is -2.28. The summed E-state index contributed by atoms with van der Waals surface area (Å²) in [5.41, 5.74) is 0.942. The van der Waals surface area contributed by atoms with E-state index in [9.17, 15) is 5.11 Å². The highest BCUT2D eigenvalue weighted by Crippen LogP contribution is 2.24. The first-order chi connectivity index (χ1) is 10.3. The lowest BCUT2D eigenvalue weighted by Crippen LogP contribution is -2.41. The predicted octanol–water partition coefficient (Wildman–Crippen LogP) is 1.42. The normalized spacial score (nSPS) is 18.0. The number of rotatable bonds is 5. The molecular weight excluding hydrogens is 286 g/mol. The number of aliphatic hydroxyl groups is 1. The Morgan fingerprint density at radius 2 is 2.05 bits per heavy atom. The maximum atomic E-state index is 10.2. The maximum absolute atomic E-state index is 10.2. The second kappa shape index (κ2) is 7.17. The van der Waals surface area contributed by atoms with Crippen molar-refractivity contribution in [3.05, 3.63) is 30.6 Å². The molecule has 2 aromatic rings. The fourth-order valence-electron chi connectivity index (χ4n) is 2.40. The van der Waals surface area contributed by atoms with Gasteiger partial charge in [0.1, 0.15) is 11.4 Å². The van der Waals surface area contributed by atoms with Gasteiger partial charge in [-0.1, -0.05) is 18.2 Å². The molecule has 2 heterocycles. The van der Waals surface area contributed by atoms with Crippen molar-refractivity contribution in [2.75, 3.05) is 38.6 Å². The molecule has 0 bridgehead atoms. The van der Waals surface area contributed by atoms with Gasteiger partial charge in [0.05, 0.1) is 24.8 Å². The van der Waals surface area contributed by atoms with Crippen LogP contribution >= 0.6 is 11.8 Å². The molecule has 1 aliphatic heterocycles. The van der Waals surface area contributed by atoms with Gasteiger partial charge in [0.25, 0.3) is 0 Å². The van der Waals surface area contributed by atoms with Gasteiger partial charge in [-0.25, -0.2) is 9.97 Å². The lowest BCUT2D eigenvalue weighted by molar-refractivity contribution is 0.0188. The molecule has 1 fully saturated rings. The van der Waals surface area contributed by atoms with Crippen LogP contribution < -0.4 is 0 Å². The largest absolute Gasteiger partial charge is 0.391 e. The Morgan fingerprint density at radius 1 is 1.24 bits per heavy atom. The Labute approximate surface area is 128 Å². The van der Waals surface area contributed by atoms with Crippen molar-refractivity contribution < 1.29 is 9.84 Å². The molecule has 0 radical (unpaired) electrons. The van der Waals surface area contributed by atoms with Crippen LogP contribution in [0.1, 0.15) is 0 Å². The fraction of sp³-hybridized carbons (Fsp3) is 0.467. The van der Waals surface area contributed by atoms with E-state index in [-0.39, 0.29) is 6.10 Å². The van der Waals surface area contributed by atoms with Crippen LogP contribution in [0.3, 0.4) is 0 Å². The second-order valence-electron chi connectivity index (χ2n) is 5.07. The third-order valence-corrected chi connectivity index (χ3v) is 4.64. The van der Waals surface area contributed by atoms with E-state index in [0.29, 0.717) is 12.3 Å². The third-order valence-electron chi connectivity index (χ3n) is 3.49. The molecule has 0 unspecified atom stereocenters. The summed E-state index contributed by atoms with van der Waals surface area (Å²) < 4.78 is 5.31. The number of fused-ring (bicyclic) bond motifs is 1. The number of morpholine rings is 1. The van der Waals surface area contributed by atoms with E-state index in [0.717, 1.165) is 42.2 Å². The number of β-amino-alcohol motifs (C(OH)–C–C–N with tert-alkyl or cyclic N) is 1. The highest BCUT2D eigenvalue weighted by molar-refractivity contribution is 7.99. The van der Waals surface area contributed by atoms with Gasteiger partial charge in [-0.15, -0.1) is 11.8 Å². The summed E-state index contributed by atoms with van der Waals surface area (Å²) in [7, 11) is 0. The molecule has 1 aliphatic rings. The number of para-hydroxylation sites is 1. The van der Waals surface area contributed by atoms with E-state index >= 15 is 0 Å². The quantitative estimate of drug-likeness (QED) is 0.666. The van der Waals surface area contributed by atoms with Crippen molar-refractivity contribution in [1.82, 2.24) is 14.9 Å². The van der Waals surface area contributed by atoms with Crippen LogP contribution in [0, 0.1) is 0 Å². The lowest BCUT2D eigenvalue weighted by atomic mass is 10.2. The van der Waals surface area contributed by atoms with Gasteiger partial charge in [0.15, 0.2) is 0 Å². The summed E-state index contributed by atoms with van der Waals surface area (Å²) in [5.74, 6) is 0.637. The van der Waals surface area contributed by atoms with Crippen molar-refractivity contribution in [3.8, 4) is 0 Å². The SMILES string of the molecule is O[C@@H](CSc1ncnc2ccccc12)CN1CCOCC1. The van der Waals surface area contributed by atoms with E-state index in [1.807, 2.05) is 24.3 Å². The number of thioether (sulfide) groups is 1. The van der Waals surface area contributed by atoms with Gasteiger partial charge in [0, 0.05) is 30.8 Å². The van der Waals surface area contributed by atoms with Crippen LogP contribution in [-0.2, 0) is 4.74 Å². The van der Waals surface area contributed by atoms with Crippen molar-refractivity contribution in [2.45, 2.75) is 11.1 Å². The molecule has 1 saturated heterocycles. The molecule has 3 rings (SSSR count). The Morgan fingerprint density at radius 3 is 2.90 bits per heavy atom. The Kier molecular flexibility index (Phi) is 5.03. The number of aliphatic hydroxyl groups excluding tert-OH is 1. The zero-order chi connectivity index (χ0) is 14.5.